The molecular weight excluding hydrogens is 400 g/mol. The van der Waals surface area contributed by atoms with E-state index < -0.39 is 0 Å². The summed E-state index contributed by atoms with van der Waals surface area (Å²) in [7, 11) is 0. The summed E-state index contributed by atoms with van der Waals surface area (Å²) in [5.74, 6) is -0.631. The summed E-state index contributed by atoms with van der Waals surface area (Å²) in [6.07, 6.45) is 4.96. The highest BCUT2D eigenvalue weighted by molar-refractivity contribution is 6.30. The zero-order chi connectivity index (χ0) is 20.9. The first-order valence-corrected chi connectivity index (χ1v) is 10.5. The molecule has 0 spiro atoms. The number of rotatable bonds is 5. The molecular formula is C23H23ClN4O2. The number of hydrogen-bond acceptors (Lipinski definition) is 3. The molecule has 4 rings (SSSR count). The van der Waals surface area contributed by atoms with E-state index in [1.54, 1.807) is 24.3 Å². The van der Waals surface area contributed by atoms with Gasteiger partial charge < -0.3 is 10.6 Å². The second-order valence-corrected chi connectivity index (χ2v) is 7.76. The predicted molar refractivity (Wildman–Crippen MR) is 117 cm³/mol. The Morgan fingerprint density at radius 2 is 1.70 bits per heavy atom. The van der Waals surface area contributed by atoms with Crippen LogP contribution in [-0.2, 0) is 17.6 Å². The zero-order valence-corrected chi connectivity index (χ0v) is 17.3. The quantitative estimate of drug-likeness (QED) is 0.606. The first-order valence-electron chi connectivity index (χ1n) is 10.1. The third-order valence-corrected chi connectivity index (χ3v) is 5.44. The van der Waals surface area contributed by atoms with Gasteiger partial charge in [0, 0.05) is 22.0 Å². The lowest BCUT2D eigenvalue weighted by atomic mass is 10.1. The van der Waals surface area contributed by atoms with E-state index in [4.69, 9.17) is 11.6 Å². The number of anilines is 1. The number of benzene rings is 2. The maximum absolute atomic E-state index is 12.9. The van der Waals surface area contributed by atoms with Crippen molar-refractivity contribution in [1.82, 2.24) is 15.1 Å². The Bertz CT molecular complexity index is 1050. The SMILES string of the molecule is O=C(CNC(=O)c1nn(-c2ccccc2)c2c1CCCCC2)Nc1ccc(Cl)cc1. The number of amides is 2. The zero-order valence-electron chi connectivity index (χ0n) is 16.5. The van der Waals surface area contributed by atoms with Gasteiger partial charge in [-0.25, -0.2) is 4.68 Å². The minimum absolute atomic E-state index is 0.131. The molecule has 0 saturated carbocycles. The lowest BCUT2D eigenvalue weighted by molar-refractivity contribution is -0.115. The van der Waals surface area contributed by atoms with E-state index in [0.717, 1.165) is 49.0 Å². The molecule has 0 unspecified atom stereocenters. The Morgan fingerprint density at radius 1 is 0.967 bits per heavy atom. The minimum atomic E-state index is -0.325. The molecule has 1 aliphatic rings. The Morgan fingerprint density at radius 3 is 2.47 bits per heavy atom. The Kier molecular flexibility index (Phi) is 6.14. The van der Waals surface area contributed by atoms with Gasteiger partial charge in [0.25, 0.3) is 5.91 Å². The van der Waals surface area contributed by atoms with Crippen LogP contribution in [0.5, 0.6) is 0 Å². The lowest BCUT2D eigenvalue weighted by Gasteiger charge is -2.07. The first-order chi connectivity index (χ1) is 14.6. The highest BCUT2D eigenvalue weighted by Crippen LogP contribution is 2.26. The van der Waals surface area contributed by atoms with Crippen molar-refractivity contribution in [2.45, 2.75) is 32.1 Å². The number of hydrogen-bond donors (Lipinski definition) is 2. The van der Waals surface area contributed by atoms with Crippen LogP contribution in [0.15, 0.2) is 54.6 Å². The minimum Gasteiger partial charge on any atom is -0.342 e. The van der Waals surface area contributed by atoms with Crippen molar-refractivity contribution >= 4 is 29.1 Å². The fourth-order valence-corrected chi connectivity index (χ4v) is 3.85. The fourth-order valence-electron chi connectivity index (χ4n) is 3.72. The van der Waals surface area contributed by atoms with Crippen LogP contribution >= 0.6 is 11.6 Å². The maximum Gasteiger partial charge on any atom is 0.272 e. The van der Waals surface area contributed by atoms with E-state index in [1.165, 1.54) is 0 Å². The van der Waals surface area contributed by atoms with Crippen molar-refractivity contribution in [2.24, 2.45) is 0 Å². The van der Waals surface area contributed by atoms with Crippen LogP contribution in [-0.4, -0.2) is 28.1 Å². The number of halogens is 1. The van der Waals surface area contributed by atoms with E-state index in [-0.39, 0.29) is 18.4 Å². The second-order valence-electron chi connectivity index (χ2n) is 7.32. The summed E-state index contributed by atoms with van der Waals surface area (Å²) in [4.78, 5) is 25.1. The van der Waals surface area contributed by atoms with Crippen LogP contribution in [0.25, 0.3) is 5.69 Å². The topological polar surface area (TPSA) is 76.0 Å². The van der Waals surface area contributed by atoms with Gasteiger partial charge in [-0.1, -0.05) is 36.2 Å². The Hall–Kier alpha value is -3.12. The van der Waals surface area contributed by atoms with E-state index in [0.29, 0.717) is 16.4 Å². The lowest BCUT2D eigenvalue weighted by Crippen LogP contribution is -2.33. The molecule has 30 heavy (non-hydrogen) atoms. The van der Waals surface area contributed by atoms with Gasteiger partial charge in [0.1, 0.15) is 0 Å². The van der Waals surface area contributed by atoms with Crippen molar-refractivity contribution in [1.29, 1.82) is 0 Å². The highest BCUT2D eigenvalue weighted by Gasteiger charge is 2.25. The van der Waals surface area contributed by atoms with Gasteiger partial charge in [0.2, 0.25) is 5.91 Å². The average molecular weight is 423 g/mol. The standard InChI is InChI=1S/C23H23ClN4O2/c24-16-11-13-17(14-12-16)26-21(29)15-25-23(30)22-19-9-5-2-6-10-20(19)28(27-22)18-7-3-1-4-8-18/h1,3-4,7-8,11-14H,2,5-6,9-10,15H2,(H,25,30)(H,26,29). The fraction of sp³-hybridized carbons (Fsp3) is 0.261. The van der Waals surface area contributed by atoms with Crippen LogP contribution in [0.2, 0.25) is 5.02 Å². The summed E-state index contributed by atoms with van der Waals surface area (Å²) in [6, 6.07) is 16.7. The van der Waals surface area contributed by atoms with Gasteiger partial charge in [-0.2, -0.15) is 5.10 Å². The van der Waals surface area contributed by atoms with Gasteiger partial charge in [-0.05, 0) is 62.1 Å². The van der Waals surface area contributed by atoms with Crippen LogP contribution in [0, 0.1) is 0 Å². The molecule has 0 bridgehead atoms. The van der Waals surface area contributed by atoms with Gasteiger partial charge in [0.15, 0.2) is 5.69 Å². The van der Waals surface area contributed by atoms with E-state index in [1.807, 2.05) is 35.0 Å². The second kappa shape index (κ2) is 9.13. The molecule has 2 amide bonds. The predicted octanol–water partition coefficient (Wildman–Crippen LogP) is 4.16. The van der Waals surface area contributed by atoms with Gasteiger partial charge in [0.05, 0.1) is 12.2 Å². The van der Waals surface area contributed by atoms with Crippen molar-refractivity contribution < 1.29 is 9.59 Å². The molecule has 3 aromatic rings. The monoisotopic (exact) mass is 422 g/mol. The summed E-state index contributed by atoms with van der Waals surface area (Å²) >= 11 is 5.86. The van der Waals surface area contributed by atoms with Gasteiger partial charge >= 0.3 is 0 Å². The Balaban J connectivity index is 1.50. The normalized spacial score (nSPS) is 13.2. The van der Waals surface area contributed by atoms with E-state index in [9.17, 15) is 9.59 Å². The van der Waals surface area contributed by atoms with E-state index in [2.05, 4.69) is 15.7 Å². The summed E-state index contributed by atoms with van der Waals surface area (Å²) < 4.78 is 1.88. The molecule has 154 valence electrons. The number of para-hydroxylation sites is 1. The summed E-state index contributed by atoms with van der Waals surface area (Å²) in [5, 5.41) is 10.7. The smallest absolute Gasteiger partial charge is 0.272 e. The average Bonchev–Trinajstić information content (AvgIpc) is 2.95. The molecule has 2 aromatic carbocycles. The molecule has 1 aromatic heterocycles. The largest absolute Gasteiger partial charge is 0.342 e. The van der Waals surface area contributed by atoms with Gasteiger partial charge in [-0.15, -0.1) is 0 Å². The van der Waals surface area contributed by atoms with Crippen molar-refractivity contribution in [3.8, 4) is 5.69 Å². The van der Waals surface area contributed by atoms with Gasteiger partial charge in [-0.3, -0.25) is 9.59 Å². The number of carbonyl (C=O) groups is 2. The number of aromatic nitrogens is 2. The number of carbonyl (C=O) groups excluding carboxylic acids is 2. The molecule has 0 atom stereocenters. The molecule has 1 heterocycles. The molecule has 7 heteroatoms. The summed E-state index contributed by atoms with van der Waals surface area (Å²) in [5.41, 5.74) is 4.06. The summed E-state index contributed by atoms with van der Waals surface area (Å²) in [6.45, 7) is -0.131. The molecule has 0 saturated heterocycles. The van der Waals surface area contributed by atoms with Crippen LogP contribution in [0.3, 0.4) is 0 Å². The molecule has 6 nitrogen and oxygen atoms in total. The third-order valence-electron chi connectivity index (χ3n) is 5.18. The van der Waals surface area contributed by atoms with E-state index >= 15 is 0 Å². The highest BCUT2D eigenvalue weighted by atomic mass is 35.5. The third kappa shape index (κ3) is 4.54. The van der Waals surface area contributed by atoms with Crippen molar-refractivity contribution in [2.75, 3.05) is 11.9 Å². The number of nitrogens with zero attached hydrogens (tertiary/aromatic N) is 2. The molecule has 1 aliphatic carbocycles. The maximum atomic E-state index is 12.9. The van der Waals surface area contributed by atoms with Crippen LogP contribution < -0.4 is 10.6 Å². The number of fused-ring (bicyclic) bond motifs is 1. The first kappa shape index (κ1) is 20.2. The molecule has 0 fully saturated rings. The molecule has 0 aliphatic heterocycles. The van der Waals surface area contributed by atoms with Crippen LogP contribution in [0.4, 0.5) is 5.69 Å². The Labute approximate surface area is 180 Å². The van der Waals surface area contributed by atoms with Crippen molar-refractivity contribution in [3.05, 3.63) is 76.6 Å². The van der Waals surface area contributed by atoms with Crippen molar-refractivity contribution in [3.63, 3.8) is 0 Å². The van der Waals surface area contributed by atoms with Crippen LogP contribution in [0.1, 0.15) is 41.0 Å². The number of nitrogens with one attached hydrogen (secondary N) is 2. The molecule has 0 radical (unpaired) electrons. The molecule has 2 N–H and O–H groups in total.